The number of pyridine rings is 1. The van der Waals surface area contributed by atoms with Crippen LogP contribution in [-0.2, 0) is 12.0 Å². The van der Waals surface area contributed by atoms with Crippen LogP contribution in [0.25, 0.3) is 0 Å². The minimum absolute atomic E-state index is 0.649. The molecule has 0 aromatic carbocycles. The second-order valence-electron chi connectivity index (χ2n) is 4.15. The van der Waals surface area contributed by atoms with Gasteiger partial charge in [0.25, 0.3) is 0 Å². The Morgan fingerprint density at radius 3 is 3.21 bits per heavy atom. The highest BCUT2D eigenvalue weighted by atomic mass is 16.3. The van der Waals surface area contributed by atoms with E-state index in [1.54, 1.807) is 6.20 Å². The Labute approximate surface area is 85.0 Å². The van der Waals surface area contributed by atoms with Crippen LogP contribution < -0.4 is 0 Å². The first-order valence-corrected chi connectivity index (χ1v) is 5.43. The molecule has 2 rings (SSSR count). The van der Waals surface area contributed by atoms with Gasteiger partial charge >= 0.3 is 0 Å². The summed E-state index contributed by atoms with van der Waals surface area (Å²) in [6.45, 7) is 2.11. The van der Waals surface area contributed by atoms with E-state index < -0.39 is 5.60 Å². The Balaban J connectivity index is 2.39. The molecule has 14 heavy (non-hydrogen) atoms. The predicted molar refractivity (Wildman–Crippen MR) is 56.0 cm³/mol. The molecule has 0 saturated carbocycles. The Morgan fingerprint density at radius 2 is 2.43 bits per heavy atom. The molecule has 0 bridgehead atoms. The van der Waals surface area contributed by atoms with Crippen molar-refractivity contribution < 1.29 is 5.11 Å². The SMILES string of the molecule is CCCC1(O)CCCc2cccnc21. The average Bonchev–Trinajstić information content (AvgIpc) is 2.19. The van der Waals surface area contributed by atoms with Gasteiger partial charge < -0.3 is 5.11 Å². The lowest BCUT2D eigenvalue weighted by Gasteiger charge is -2.33. The maximum atomic E-state index is 10.5. The van der Waals surface area contributed by atoms with Crippen molar-refractivity contribution in [1.82, 2.24) is 4.98 Å². The van der Waals surface area contributed by atoms with Gasteiger partial charge in [-0.25, -0.2) is 0 Å². The van der Waals surface area contributed by atoms with Gasteiger partial charge in [-0.2, -0.15) is 0 Å². The minimum atomic E-state index is -0.649. The van der Waals surface area contributed by atoms with Crippen LogP contribution >= 0.6 is 0 Å². The van der Waals surface area contributed by atoms with Gasteiger partial charge in [-0.1, -0.05) is 19.4 Å². The van der Waals surface area contributed by atoms with Gasteiger partial charge in [0.1, 0.15) is 5.60 Å². The lowest BCUT2D eigenvalue weighted by atomic mass is 9.80. The van der Waals surface area contributed by atoms with Crippen LogP contribution in [0, 0.1) is 0 Å². The number of hydrogen-bond donors (Lipinski definition) is 1. The van der Waals surface area contributed by atoms with Crippen molar-refractivity contribution in [3.05, 3.63) is 29.6 Å². The van der Waals surface area contributed by atoms with Crippen molar-refractivity contribution in [3.8, 4) is 0 Å². The summed E-state index contributed by atoms with van der Waals surface area (Å²) < 4.78 is 0. The molecular weight excluding hydrogens is 174 g/mol. The highest BCUT2D eigenvalue weighted by Crippen LogP contribution is 2.36. The number of fused-ring (bicyclic) bond motifs is 1. The zero-order valence-corrected chi connectivity index (χ0v) is 8.66. The van der Waals surface area contributed by atoms with Gasteiger partial charge in [-0.15, -0.1) is 0 Å². The van der Waals surface area contributed by atoms with Gasteiger partial charge in [0.2, 0.25) is 0 Å². The molecule has 1 aliphatic rings. The molecule has 0 fully saturated rings. The maximum absolute atomic E-state index is 10.5. The van der Waals surface area contributed by atoms with E-state index in [0.717, 1.165) is 37.8 Å². The lowest BCUT2D eigenvalue weighted by Crippen LogP contribution is -2.31. The molecule has 1 aliphatic carbocycles. The fourth-order valence-electron chi connectivity index (χ4n) is 2.41. The fourth-order valence-corrected chi connectivity index (χ4v) is 2.41. The third-order valence-electron chi connectivity index (χ3n) is 3.03. The lowest BCUT2D eigenvalue weighted by molar-refractivity contribution is 0.00489. The number of rotatable bonds is 2. The van der Waals surface area contributed by atoms with Crippen molar-refractivity contribution in [3.63, 3.8) is 0 Å². The van der Waals surface area contributed by atoms with Crippen molar-refractivity contribution in [2.24, 2.45) is 0 Å². The van der Waals surface area contributed by atoms with Crippen molar-refractivity contribution >= 4 is 0 Å². The first-order valence-electron chi connectivity index (χ1n) is 5.43. The van der Waals surface area contributed by atoms with Crippen molar-refractivity contribution in [2.75, 3.05) is 0 Å². The molecule has 0 aliphatic heterocycles. The Hall–Kier alpha value is -0.890. The number of aromatic nitrogens is 1. The summed E-state index contributed by atoms with van der Waals surface area (Å²) in [6, 6.07) is 4.04. The summed E-state index contributed by atoms with van der Waals surface area (Å²) in [5.41, 5.74) is 1.51. The molecule has 1 heterocycles. The second kappa shape index (κ2) is 3.70. The van der Waals surface area contributed by atoms with Crippen LogP contribution in [0.1, 0.15) is 43.9 Å². The molecule has 1 aromatic rings. The molecular formula is C12H17NO. The summed E-state index contributed by atoms with van der Waals surface area (Å²) in [6.07, 6.45) is 6.63. The zero-order valence-electron chi connectivity index (χ0n) is 8.66. The van der Waals surface area contributed by atoms with E-state index in [0.29, 0.717) is 0 Å². The Morgan fingerprint density at radius 1 is 1.57 bits per heavy atom. The molecule has 1 N–H and O–H groups in total. The molecule has 2 heteroatoms. The summed E-state index contributed by atoms with van der Waals surface area (Å²) in [5.74, 6) is 0. The van der Waals surface area contributed by atoms with Gasteiger partial charge in [0.15, 0.2) is 0 Å². The van der Waals surface area contributed by atoms with Gasteiger partial charge in [-0.05, 0) is 37.3 Å². The topological polar surface area (TPSA) is 33.1 Å². The number of hydrogen-bond acceptors (Lipinski definition) is 2. The molecule has 1 atom stereocenters. The first kappa shape index (κ1) is 9.66. The van der Waals surface area contributed by atoms with Crippen molar-refractivity contribution in [1.29, 1.82) is 0 Å². The van der Waals surface area contributed by atoms with Gasteiger partial charge in [-0.3, -0.25) is 4.98 Å². The quantitative estimate of drug-likeness (QED) is 0.778. The molecule has 0 radical (unpaired) electrons. The minimum Gasteiger partial charge on any atom is -0.384 e. The maximum Gasteiger partial charge on any atom is 0.107 e. The number of aliphatic hydroxyl groups is 1. The van der Waals surface area contributed by atoms with Crippen molar-refractivity contribution in [2.45, 2.75) is 44.6 Å². The third-order valence-corrected chi connectivity index (χ3v) is 3.03. The summed E-state index contributed by atoms with van der Waals surface area (Å²) >= 11 is 0. The van der Waals surface area contributed by atoms with Gasteiger partial charge in [0, 0.05) is 6.20 Å². The molecule has 76 valence electrons. The number of aryl methyl sites for hydroxylation is 1. The highest BCUT2D eigenvalue weighted by Gasteiger charge is 2.34. The standard InChI is InChI=1S/C12H17NO/c1-2-7-12(14)8-3-5-10-6-4-9-13-11(10)12/h4,6,9,14H,2-3,5,7-8H2,1H3. The first-order chi connectivity index (χ1) is 6.76. The predicted octanol–water partition coefficient (Wildman–Crippen LogP) is 2.41. The van der Waals surface area contributed by atoms with Crippen LogP contribution in [0.3, 0.4) is 0 Å². The van der Waals surface area contributed by atoms with E-state index in [-0.39, 0.29) is 0 Å². The van der Waals surface area contributed by atoms with E-state index in [1.165, 1.54) is 5.56 Å². The van der Waals surface area contributed by atoms with E-state index in [4.69, 9.17) is 0 Å². The smallest absolute Gasteiger partial charge is 0.107 e. The molecule has 0 amide bonds. The third kappa shape index (κ3) is 1.55. The van der Waals surface area contributed by atoms with Crippen LogP contribution in [0.15, 0.2) is 18.3 Å². The van der Waals surface area contributed by atoms with Crippen LogP contribution in [0.5, 0.6) is 0 Å². The molecule has 1 aromatic heterocycles. The second-order valence-corrected chi connectivity index (χ2v) is 4.15. The Kier molecular flexibility index (Phi) is 2.55. The van der Waals surface area contributed by atoms with Crippen LogP contribution in [0.2, 0.25) is 0 Å². The largest absolute Gasteiger partial charge is 0.384 e. The van der Waals surface area contributed by atoms with Gasteiger partial charge in [0.05, 0.1) is 5.69 Å². The van der Waals surface area contributed by atoms with Crippen LogP contribution in [0.4, 0.5) is 0 Å². The normalized spacial score (nSPS) is 25.9. The van der Waals surface area contributed by atoms with Crippen LogP contribution in [-0.4, -0.2) is 10.1 Å². The van der Waals surface area contributed by atoms with E-state index >= 15 is 0 Å². The van der Waals surface area contributed by atoms with E-state index in [2.05, 4.69) is 18.0 Å². The Bertz CT molecular complexity index is 324. The number of nitrogens with zero attached hydrogens (tertiary/aromatic N) is 1. The summed E-state index contributed by atoms with van der Waals surface area (Å²) in [4.78, 5) is 4.34. The average molecular weight is 191 g/mol. The van der Waals surface area contributed by atoms with E-state index in [1.807, 2.05) is 6.07 Å². The summed E-state index contributed by atoms with van der Waals surface area (Å²) in [7, 11) is 0. The molecule has 2 nitrogen and oxygen atoms in total. The van der Waals surface area contributed by atoms with E-state index in [9.17, 15) is 5.11 Å². The monoisotopic (exact) mass is 191 g/mol. The molecule has 0 saturated heterocycles. The fraction of sp³-hybridized carbons (Fsp3) is 0.583. The highest BCUT2D eigenvalue weighted by molar-refractivity contribution is 5.28. The molecule has 1 unspecified atom stereocenters. The molecule has 0 spiro atoms. The summed E-state index contributed by atoms with van der Waals surface area (Å²) in [5, 5.41) is 10.5. The zero-order chi connectivity index (χ0) is 10.0.